The summed E-state index contributed by atoms with van der Waals surface area (Å²) in [6, 6.07) is 17.4. The fraction of sp³-hybridized carbons (Fsp3) is 0.440. The average molecular weight is 424 g/mol. The molecule has 1 aliphatic rings. The zero-order valence-electron chi connectivity index (χ0n) is 18.5. The van der Waals surface area contributed by atoms with E-state index in [1.165, 1.54) is 5.56 Å². The second kappa shape index (κ2) is 11.5. The van der Waals surface area contributed by atoms with Gasteiger partial charge in [-0.2, -0.15) is 0 Å². The molecule has 0 spiro atoms. The number of hydrogen-bond donors (Lipinski definition) is 1. The number of ether oxygens (including phenoxy) is 1. The van der Waals surface area contributed by atoms with E-state index in [4.69, 9.17) is 4.74 Å². The summed E-state index contributed by atoms with van der Waals surface area (Å²) in [5.74, 6) is 0.610. The van der Waals surface area contributed by atoms with Gasteiger partial charge in [0.05, 0.1) is 0 Å². The first kappa shape index (κ1) is 22.8. The van der Waals surface area contributed by atoms with Gasteiger partial charge in [-0.1, -0.05) is 44.2 Å². The smallest absolute Gasteiger partial charge is 0.260 e. The fourth-order valence-electron chi connectivity index (χ4n) is 3.84. The number of nitrogens with one attached hydrogen (secondary N) is 1. The third kappa shape index (κ3) is 6.82. The van der Waals surface area contributed by atoms with Crippen LogP contribution < -0.4 is 10.1 Å². The third-order valence-electron chi connectivity index (χ3n) is 5.82. The summed E-state index contributed by atoms with van der Waals surface area (Å²) < 4.78 is 5.56. The molecule has 6 nitrogen and oxygen atoms in total. The Morgan fingerprint density at radius 1 is 1.03 bits per heavy atom. The summed E-state index contributed by atoms with van der Waals surface area (Å²) in [4.78, 5) is 29.3. The van der Waals surface area contributed by atoms with Gasteiger partial charge in [-0.05, 0) is 55.8 Å². The molecule has 0 aromatic heterocycles. The highest BCUT2D eigenvalue weighted by molar-refractivity contribution is 5.92. The number of anilines is 1. The minimum absolute atomic E-state index is 0.0280. The molecule has 0 atom stereocenters. The molecule has 2 amide bonds. The lowest BCUT2D eigenvalue weighted by Crippen LogP contribution is -2.43. The van der Waals surface area contributed by atoms with Crippen molar-refractivity contribution in [2.24, 2.45) is 5.92 Å². The number of carbonyl (C=O) groups excluding carboxylic acids is 2. The molecular weight excluding hydrogens is 390 g/mol. The maximum Gasteiger partial charge on any atom is 0.260 e. The van der Waals surface area contributed by atoms with Crippen LogP contribution in [0.25, 0.3) is 0 Å². The van der Waals surface area contributed by atoms with E-state index >= 15 is 0 Å². The summed E-state index contributed by atoms with van der Waals surface area (Å²) >= 11 is 0. The van der Waals surface area contributed by atoms with Gasteiger partial charge >= 0.3 is 0 Å². The zero-order valence-corrected chi connectivity index (χ0v) is 18.5. The molecular formula is C25H33N3O3. The van der Waals surface area contributed by atoms with E-state index in [1.807, 2.05) is 42.5 Å². The fourth-order valence-corrected chi connectivity index (χ4v) is 3.84. The van der Waals surface area contributed by atoms with Crippen LogP contribution in [-0.4, -0.2) is 54.4 Å². The van der Waals surface area contributed by atoms with E-state index in [0.717, 1.165) is 25.3 Å². The lowest BCUT2D eigenvalue weighted by Gasteiger charge is -2.31. The van der Waals surface area contributed by atoms with Crippen molar-refractivity contribution >= 4 is 17.5 Å². The van der Waals surface area contributed by atoms with Crippen molar-refractivity contribution in [3.63, 3.8) is 0 Å². The standard InChI is InChI=1S/C25H33N3O3/c1-3-27(4-2)18-20-9-8-10-22(17-20)26-25(30)21-13-15-28(16-14-21)24(29)19-31-23-11-6-5-7-12-23/h5-12,17,21H,3-4,13-16,18-19H2,1-2H3,(H,26,30). The van der Waals surface area contributed by atoms with Gasteiger partial charge in [0.1, 0.15) is 5.75 Å². The van der Waals surface area contributed by atoms with E-state index in [0.29, 0.717) is 31.7 Å². The summed E-state index contributed by atoms with van der Waals surface area (Å²) in [5, 5.41) is 3.07. The number of amides is 2. The van der Waals surface area contributed by atoms with Crippen LogP contribution >= 0.6 is 0 Å². The van der Waals surface area contributed by atoms with Crippen LogP contribution in [0.4, 0.5) is 5.69 Å². The van der Waals surface area contributed by atoms with Gasteiger partial charge in [-0.15, -0.1) is 0 Å². The molecule has 0 saturated carbocycles. The van der Waals surface area contributed by atoms with E-state index in [1.54, 1.807) is 4.90 Å². The van der Waals surface area contributed by atoms with E-state index in [9.17, 15) is 9.59 Å². The van der Waals surface area contributed by atoms with Crippen LogP contribution in [0.1, 0.15) is 32.3 Å². The van der Waals surface area contributed by atoms with Crippen molar-refractivity contribution in [3.05, 3.63) is 60.2 Å². The Morgan fingerprint density at radius 3 is 2.42 bits per heavy atom. The topological polar surface area (TPSA) is 61.9 Å². The number of hydrogen-bond acceptors (Lipinski definition) is 4. The summed E-state index contributed by atoms with van der Waals surface area (Å²) in [6.07, 6.45) is 1.34. The number of para-hydroxylation sites is 1. The monoisotopic (exact) mass is 423 g/mol. The van der Waals surface area contributed by atoms with Crippen LogP contribution in [0.5, 0.6) is 5.75 Å². The average Bonchev–Trinajstić information content (AvgIpc) is 2.82. The van der Waals surface area contributed by atoms with E-state index < -0.39 is 0 Å². The second-order valence-corrected chi connectivity index (χ2v) is 7.91. The molecule has 0 bridgehead atoms. The highest BCUT2D eigenvalue weighted by atomic mass is 16.5. The molecule has 1 fully saturated rings. The number of rotatable bonds is 9. The van der Waals surface area contributed by atoms with Gasteiger partial charge in [0, 0.05) is 31.2 Å². The van der Waals surface area contributed by atoms with Crippen molar-refractivity contribution < 1.29 is 14.3 Å². The summed E-state index contributed by atoms with van der Waals surface area (Å²) in [5.41, 5.74) is 2.03. The van der Waals surface area contributed by atoms with Crippen molar-refractivity contribution in [2.45, 2.75) is 33.2 Å². The maximum atomic E-state index is 12.8. The van der Waals surface area contributed by atoms with Crippen LogP contribution in [0.2, 0.25) is 0 Å². The molecule has 166 valence electrons. The zero-order chi connectivity index (χ0) is 22.1. The molecule has 0 radical (unpaired) electrons. The Kier molecular flexibility index (Phi) is 8.47. The molecule has 2 aromatic rings. The predicted molar refractivity (Wildman–Crippen MR) is 123 cm³/mol. The van der Waals surface area contributed by atoms with E-state index in [-0.39, 0.29) is 24.3 Å². The van der Waals surface area contributed by atoms with Gasteiger partial charge < -0.3 is 15.0 Å². The van der Waals surface area contributed by atoms with Crippen LogP contribution in [0.15, 0.2) is 54.6 Å². The molecule has 6 heteroatoms. The number of likely N-dealkylation sites (tertiary alicyclic amines) is 1. The Balaban J connectivity index is 1.45. The summed E-state index contributed by atoms with van der Waals surface area (Å²) in [6.45, 7) is 8.37. The van der Waals surface area contributed by atoms with Crippen molar-refractivity contribution in [1.82, 2.24) is 9.80 Å². The quantitative estimate of drug-likeness (QED) is 0.667. The summed E-state index contributed by atoms with van der Waals surface area (Å²) in [7, 11) is 0. The first-order valence-electron chi connectivity index (χ1n) is 11.2. The molecule has 1 heterocycles. The molecule has 1 N–H and O–H groups in total. The maximum absolute atomic E-state index is 12.8. The molecule has 1 saturated heterocycles. The number of carbonyl (C=O) groups is 2. The first-order valence-corrected chi connectivity index (χ1v) is 11.2. The number of piperidine rings is 1. The third-order valence-corrected chi connectivity index (χ3v) is 5.82. The van der Waals surface area contributed by atoms with Crippen LogP contribution in [-0.2, 0) is 16.1 Å². The molecule has 0 aliphatic carbocycles. The van der Waals surface area contributed by atoms with Gasteiger partial charge in [0.2, 0.25) is 5.91 Å². The van der Waals surface area contributed by atoms with Gasteiger partial charge in [-0.3, -0.25) is 14.5 Å². The Hall–Kier alpha value is -2.86. The van der Waals surface area contributed by atoms with Crippen LogP contribution in [0.3, 0.4) is 0 Å². The minimum atomic E-state index is -0.0782. The van der Waals surface area contributed by atoms with Crippen LogP contribution in [0, 0.1) is 5.92 Å². The van der Waals surface area contributed by atoms with Crippen molar-refractivity contribution in [1.29, 1.82) is 0 Å². The largest absolute Gasteiger partial charge is 0.484 e. The lowest BCUT2D eigenvalue weighted by atomic mass is 9.95. The molecule has 31 heavy (non-hydrogen) atoms. The van der Waals surface area contributed by atoms with Gasteiger partial charge in [-0.25, -0.2) is 0 Å². The Labute approximate surface area is 185 Å². The first-order chi connectivity index (χ1) is 15.1. The Bertz CT molecular complexity index is 844. The number of nitrogens with zero attached hydrogens (tertiary/aromatic N) is 2. The van der Waals surface area contributed by atoms with Crippen molar-refractivity contribution in [2.75, 3.05) is 38.1 Å². The van der Waals surface area contributed by atoms with Crippen molar-refractivity contribution in [3.8, 4) is 5.75 Å². The highest BCUT2D eigenvalue weighted by Crippen LogP contribution is 2.21. The predicted octanol–water partition coefficient (Wildman–Crippen LogP) is 3.78. The molecule has 3 rings (SSSR count). The second-order valence-electron chi connectivity index (χ2n) is 7.91. The lowest BCUT2D eigenvalue weighted by molar-refractivity contribution is -0.136. The SMILES string of the molecule is CCN(CC)Cc1cccc(NC(=O)C2CCN(C(=O)COc3ccccc3)CC2)c1. The normalized spacial score (nSPS) is 14.5. The van der Waals surface area contributed by atoms with Gasteiger partial charge in [0.25, 0.3) is 5.91 Å². The Morgan fingerprint density at radius 2 is 1.74 bits per heavy atom. The molecule has 2 aromatic carbocycles. The molecule has 0 unspecified atom stereocenters. The molecule has 1 aliphatic heterocycles. The minimum Gasteiger partial charge on any atom is -0.484 e. The highest BCUT2D eigenvalue weighted by Gasteiger charge is 2.27. The van der Waals surface area contributed by atoms with Gasteiger partial charge in [0.15, 0.2) is 6.61 Å². The van der Waals surface area contributed by atoms with E-state index in [2.05, 4.69) is 36.2 Å². The number of benzene rings is 2.